The molecule has 0 aromatic rings. The van der Waals surface area contributed by atoms with Gasteiger partial charge in [-0.1, -0.05) is 26.7 Å². The van der Waals surface area contributed by atoms with Crippen molar-refractivity contribution in [1.29, 1.82) is 0 Å². The maximum atomic E-state index is 11.3. The molecular formula is C13H24N2O. The Balaban J connectivity index is 2.22. The molecule has 0 aliphatic heterocycles. The zero-order chi connectivity index (χ0) is 11.8. The molecule has 0 saturated heterocycles. The van der Waals surface area contributed by atoms with Gasteiger partial charge in [0.1, 0.15) is 0 Å². The molecule has 1 fully saturated rings. The van der Waals surface area contributed by atoms with Crippen molar-refractivity contribution in [1.82, 2.24) is 5.43 Å². The Bertz CT molecular complexity index is 238. The molecule has 0 atom stereocenters. The van der Waals surface area contributed by atoms with Crippen LogP contribution in [0.5, 0.6) is 0 Å². The number of hydrazone groups is 1. The van der Waals surface area contributed by atoms with Crippen LogP contribution in [0.1, 0.15) is 65.2 Å². The van der Waals surface area contributed by atoms with E-state index in [0.717, 1.165) is 31.6 Å². The lowest BCUT2D eigenvalue weighted by Gasteiger charge is -2.21. The lowest BCUT2D eigenvalue weighted by molar-refractivity contribution is -0.121. The van der Waals surface area contributed by atoms with Crippen LogP contribution in [0.4, 0.5) is 0 Å². The number of carbonyl (C=O) groups is 1. The molecule has 0 aromatic heterocycles. The lowest BCUT2D eigenvalue weighted by Crippen LogP contribution is -2.21. The minimum absolute atomic E-state index is 0.0620. The molecule has 1 saturated carbocycles. The van der Waals surface area contributed by atoms with Crippen molar-refractivity contribution in [3.8, 4) is 0 Å². The summed E-state index contributed by atoms with van der Waals surface area (Å²) in [5.41, 5.74) is 3.84. The Labute approximate surface area is 98.7 Å². The highest BCUT2D eigenvalue weighted by molar-refractivity contribution is 5.86. The minimum atomic E-state index is 0.0620. The molecule has 0 heterocycles. The van der Waals surface area contributed by atoms with E-state index < -0.39 is 0 Å². The van der Waals surface area contributed by atoms with Crippen LogP contribution in [0.2, 0.25) is 0 Å². The quantitative estimate of drug-likeness (QED) is 0.716. The second-order valence-corrected chi connectivity index (χ2v) is 4.67. The van der Waals surface area contributed by atoms with Crippen LogP contribution in [0.3, 0.4) is 0 Å². The van der Waals surface area contributed by atoms with Gasteiger partial charge in [0.2, 0.25) is 5.91 Å². The lowest BCUT2D eigenvalue weighted by atomic mass is 9.86. The average molecular weight is 224 g/mol. The summed E-state index contributed by atoms with van der Waals surface area (Å²) in [6.07, 6.45) is 8.48. The number of hydrogen-bond acceptors (Lipinski definition) is 2. The number of amides is 1. The van der Waals surface area contributed by atoms with Gasteiger partial charge in [-0.05, 0) is 38.0 Å². The van der Waals surface area contributed by atoms with Gasteiger partial charge >= 0.3 is 0 Å². The molecule has 0 bridgehead atoms. The third kappa shape index (κ3) is 4.77. The fourth-order valence-electron chi connectivity index (χ4n) is 2.07. The SMILES string of the molecule is CCCCC(=O)NN=C1CCC(CC)CC1. The molecule has 3 nitrogen and oxygen atoms in total. The van der Waals surface area contributed by atoms with Gasteiger partial charge in [-0.15, -0.1) is 0 Å². The number of nitrogens with one attached hydrogen (secondary N) is 1. The zero-order valence-electron chi connectivity index (χ0n) is 10.6. The number of nitrogens with zero attached hydrogens (tertiary/aromatic N) is 1. The predicted octanol–water partition coefficient (Wildman–Crippen LogP) is 3.25. The summed E-state index contributed by atoms with van der Waals surface area (Å²) in [7, 11) is 0. The van der Waals surface area contributed by atoms with Crippen LogP contribution in [0.15, 0.2) is 5.10 Å². The smallest absolute Gasteiger partial charge is 0.240 e. The van der Waals surface area contributed by atoms with E-state index in [0.29, 0.717) is 6.42 Å². The third-order valence-corrected chi connectivity index (χ3v) is 3.36. The molecule has 1 rings (SSSR count). The van der Waals surface area contributed by atoms with E-state index in [4.69, 9.17) is 0 Å². The van der Waals surface area contributed by atoms with Gasteiger partial charge in [0.05, 0.1) is 0 Å². The topological polar surface area (TPSA) is 41.5 Å². The van der Waals surface area contributed by atoms with Crippen molar-refractivity contribution in [2.75, 3.05) is 0 Å². The van der Waals surface area contributed by atoms with Crippen LogP contribution in [-0.4, -0.2) is 11.6 Å². The first kappa shape index (κ1) is 13.2. The van der Waals surface area contributed by atoms with E-state index in [1.807, 2.05) is 0 Å². The molecule has 1 N–H and O–H groups in total. The molecule has 1 aliphatic carbocycles. The summed E-state index contributed by atoms with van der Waals surface area (Å²) >= 11 is 0. The van der Waals surface area contributed by atoms with Gasteiger partial charge in [-0.25, -0.2) is 5.43 Å². The standard InChI is InChI=1S/C13H24N2O/c1-3-5-6-13(16)15-14-12-9-7-11(4-2)8-10-12/h11H,3-10H2,1-2H3,(H,15,16). The predicted molar refractivity (Wildman–Crippen MR) is 67.4 cm³/mol. The Hall–Kier alpha value is -0.860. The van der Waals surface area contributed by atoms with Crippen LogP contribution >= 0.6 is 0 Å². The molecular weight excluding hydrogens is 200 g/mol. The van der Waals surface area contributed by atoms with Crippen LogP contribution in [0.25, 0.3) is 0 Å². The summed E-state index contributed by atoms with van der Waals surface area (Å²) in [6.45, 7) is 4.34. The van der Waals surface area contributed by atoms with Crippen LogP contribution in [-0.2, 0) is 4.79 Å². The van der Waals surface area contributed by atoms with E-state index in [1.54, 1.807) is 0 Å². The highest BCUT2D eigenvalue weighted by Crippen LogP contribution is 2.24. The van der Waals surface area contributed by atoms with Crippen molar-refractivity contribution in [3.63, 3.8) is 0 Å². The fraction of sp³-hybridized carbons (Fsp3) is 0.846. The maximum absolute atomic E-state index is 11.3. The fourth-order valence-corrected chi connectivity index (χ4v) is 2.07. The Kier molecular flexibility index (Phi) is 6.12. The summed E-state index contributed by atoms with van der Waals surface area (Å²) < 4.78 is 0. The molecule has 92 valence electrons. The third-order valence-electron chi connectivity index (χ3n) is 3.36. The van der Waals surface area contributed by atoms with Crippen LogP contribution < -0.4 is 5.43 Å². The number of hydrogen-bond donors (Lipinski definition) is 1. The van der Waals surface area contributed by atoms with Crippen molar-refractivity contribution >= 4 is 11.6 Å². The number of unbranched alkanes of at least 4 members (excludes halogenated alkanes) is 1. The summed E-state index contributed by atoms with van der Waals surface area (Å²) in [4.78, 5) is 11.3. The molecule has 1 aliphatic rings. The Morgan fingerprint density at radius 1 is 1.38 bits per heavy atom. The van der Waals surface area contributed by atoms with Crippen molar-refractivity contribution in [3.05, 3.63) is 0 Å². The zero-order valence-corrected chi connectivity index (χ0v) is 10.6. The van der Waals surface area contributed by atoms with Gasteiger partial charge in [0, 0.05) is 12.1 Å². The van der Waals surface area contributed by atoms with Gasteiger partial charge < -0.3 is 0 Å². The van der Waals surface area contributed by atoms with E-state index in [1.165, 1.54) is 25.0 Å². The second kappa shape index (κ2) is 7.42. The molecule has 3 heteroatoms. The second-order valence-electron chi connectivity index (χ2n) is 4.67. The van der Waals surface area contributed by atoms with E-state index in [9.17, 15) is 4.79 Å². The van der Waals surface area contributed by atoms with Gasteiger partial charge in [0.25, 0.3) is 0 Å². The number of carbonyl (C=O) groups excluding carboxylic acids is 1. The van der Waals surface area contributed by atoms with Gasteiger partial charge in [0.15, 0.2) is 0 Å². The largest absolute Gasteiger partial charge is 0.273 e. The first-order valence-corrected chi connectivity index (χ1v) is 6.60. The molecule has 0 unspecified atom stereocenters. The molecule has 0 radical (unpaired) electrons. The monoisotopic (exact) mass is 224 g/mol. The van der Waals surface area contributed by atoms with Gasteiger partial charge in [-0.3, -0.25) is 4.79 Å². The first-order valence-electron chi connectivity index (χ1n) is 6.60. The molecule has 16 heavy (non-hydrogen) atoms. The average Bonchev–Trinajstić information content (AvgIpc) is 2.34. The maximum Gasteiger partial charge on any atom is 0.240 e. The normalized spacial score (nSPS) is 20.6. The summed E-state index contributed by atoms with van der Waals surface area (Å²) in [5, 5.41) is 4.22. The van der Waals surface area contributed by atoms with E-state index >= 15 is 0 Å². The highest BCUT2D eigenvalue weighted by atomic mass is 16.2. The Morgan fingerprint density at radius 3 is 2.62 bits per heavy atom. The number of rotatable bonds is 5. The van der Waals surface area contributed by atoms with Crippen molar-refractivity contribution in [2.24, 2.45) is 11.0 Å². The Morgan fingerprint density at radius 2 is 2.06 bits per heavy atom. The minimum Gasteiger partial charge on any atom is -0.273 e. The van der Waals surface area contributed by atoms with E-state index in [2.05, 4.69) is 24.4 Å². The first-order chi connectivity index (χ1) is 7.76. The van der Waals surface area contributed by atoms with Crippen molar-refractivity contribution < 1.29 is 4.79 Å². The summed E-state index contributed by atoms with van der Waals surface area (Å²) in [6, 6.07) is 0. The van der Waals surface area contributed by atoms with Crippen molar-refractivity contribution in [2.45, 2.75) is 65.2 Å². The highest BCUT2D eigenvalue weighted by Gasteiger charge is 2.15. The molecule has 1 amide bonds. The van der Waals surface area contributed by atoms with Gasteiger partial charge in [-0.2, -0.15) is 5.10 Å². The molecule has 0 spiro atoms. The van der Waals surface area contributed by atoms with E-state index in [-0.39, 0.29) is 5.91 Å². The molecule has 0 aromatic carbocycles. The summed E-state index contributed by atoms with van der Waals surface area (Å²) in [5.74, 6) is 0.932. The van der Waals surface area contributed by atoms with Crippen LogP contribution in [0, 0.1) is 5.92 Å².